The second kappa shape index (κ2) is 6.02. The zero-order chi connectivity index (χ0) is 16.6. The van der Waals surface area contributed by atoms with Crippen molar-refractivity contribution >= 4 is 33.3 Å². The number of carbonyl (C=O) groups is 1. The van der Waals surface area contributed by atoms with E-state index < -0.39 is 15.1 Å². The second-order valence-electron chi connectivity index (χ2n) is 5.56. The summed E-state index contributed by atoms with van der Waals surface area (Å²) >= 11 is 1.45. The molecule has 0 spiro atoms. The Balaban J connectivity index is 2.09. The lowest BCUT2D eigenvalue weighted by atomic mass is 9.97. The van der Waals surface area contributed by atoms with Crippen LogP contribution in [0, 0.1) is 0 Å². The summed E-state index contributed by atoms with van der Waals surface area (Å²) in [4.78, 5) is 13.7. The molecule has 0 amide bonds. The number of carbonyl (C=O) groups excluding carboxylic acids is 1. The Hall–Kier alpha value is -1.79. The fourth-order valence-corrected chi connectivity index (χ4v) is 4.38. The first-order valence-corrected chi connectivity index (χ1v) is 9.93. The molecule has 0 aromatic heterocycles. The van der Waals surface area contributed by atoms with Crippen LogP contribution < -0.4 is 4.31 Å². The molecule has 1 heterocycles. The molecule has 4 nitrogen and oxygen atoms in total. The summed E-state index contributed by atoms with van der Waals surface area (Å²) in [7, 11) is -1.29. The third kappa shape index (κ3) is 3.14. The highest BCUT2D eigenvalue weighted by molar-refractivity contribution is 8.04. The van der Waals surface area contributed by atoms with Crippen LogP contribution in [0.5, 0.6) is 0 Å². The predicted octanol–water partition coefficient (Wildman–Crippen LogP) is 3.15. The molecular formula is C17H17NO3S2. The lowest BCUT2D eigenvalue weighted by Gasteiger charge is -2.18. The number of hydrogen-bond acceptors (Lipinski definition) is 5. The number of nitrogens with zero attached hydrogens (tertiary/aromatic N) is 1. The smallest absolute Gasteiger partial charge is 0.192 e. The molecule has 3 rings (SSSR count). The molecule has 120 valence electrons. The van der Waals surface area contributed by atoms with Gasteiger partial charge in [0.05, 0.1) is 10.9 Å². The largest absolute Gasteiger partial charge is 0.314 e. The van der Waals surface area contributed by atoms with Crippen LogP contribution in [0.25, 0.3) is 0 Å². The first-order valence-electron chi connectivity index (χ1n) is 7.20. The number of benzene rings is 1. The quantitative estimate of drug-likeness (QED) is 0.577. The van der Waals surface area contributed by atoms with Crippen LogP contribution in [0.15, 0.2) is 59.0 Å². The first-order chi connectivity index (χ1) is 10.9. The van der Waals surface area contributed by atoms with Crippen LogP contribution in [-0.4, -0.2) is 32.8 Å². The van der Waals surface area contributed by atoms with E-state index in [9.17, 15) is 13.2 Å². The summed E-state index contributed by atoms with van der Waals surface area (Å²) in [5, 5.41) is -0.650. The highest BCUT2D eigenvalue weighted by Crippen LogP contribution is 2.39. The minimum absolute atomic E-state index is 0.000411. The number of allylic oxidation sites excluding steroid dienone is 3. The van der Waals surface area contributed by atoms with E-state index in [0.717, 1.165) is 10.6 Å². The third-order valence-electron chi connectivity index (χ3n) is 3.87. The van der Waals surface area contributed by atoms with Crippen molar-refractivity contribution in [2.45, 2.75) is 11.7 Å². The number of rotatable bonds is 1. The summed E-state index contributed by atoms with van der Waals surface area (Å²) in [6, 6.07) is 7.51. The first kappa shape index (κ1) is 16.1. The van der Waals surface area contributed by atoms with Crippen LogP contribution in [-0.2, 0) is 9.84 Å². The molecule has 1 atom stereocenters. The monoisotopic (exact) mass is 347 g/mol. The van der Waals surface area contributed by atoms with Crippen molar-refractivity contribution in [3.05, 3.63) is 64.6 Å². The molecule has 23 heavy (non-hydrogen) atoms. The molecule has 0 saturated carbocycles. The SMILES string of the molecule is CN1SC2=C(C/C=C\C(S(C)(=O)=O)C=C2)C(=O)c2ccccc21. The maximum atomic E-state index is 12.9. The lowest BCUT2D eigenvalue weighted by molar-refractivity contribution is 0.103. The van der Waals surface area contributed by atoms with Crippen molar-refractivity contribution in [3.8, 4) is 0 Å². The van der Waals surface area contributed by atoms with Crippen LogP contribution in [0.2, 0.25) is 0 Å². The minimum Gasteiger partial charge on any atom is -0.314 e. The van der Waals surface area contributed by atoms with Crippen molar-refractivity contribution in [2.24, 2.45) is 0 Å². The summed E-state index contributed by atoms with van der Waals surface area (Å²) < 4.78 is 25.5. The van der Waals surface area contributed by atoms with Crippen molar-refractivity contribution in [1.29, 1.82) is 0 Å². The van der Waals surface area contributed by atoms with Gasteiger partial charge in [-0.1, -0.05) is 30.4 Å². The van der Waals surface area contributed by atoms with Gasteiger partial charge >= 0.3 is 0 Å². The number of fused-ring (bicyclic) bond motifs is 1. The normalized spacial score (nSPS) is 22.8. The number of Topliss-reactive ketones (excluding diaryl/α,β-unsaturated/α-hetero) is 1. The molecule has 2 aliphatic rings. The van der Waals surface area contributed by atoms with E-state index >= 15 is 0 Å². The number of anilines is 1. The number of hydrogen-bond donors (Lipinski definition) is 0. The summed E-state index contributed by atoms with van der Waals surface area (Å²) in [5.74, 6) is -0.000411. The van der Waals surface area contributed by atoms with Gasteiger partial charge in [-0.15, -0.1) is 0 Å². The van der Waals surface area contributed by atoms with E-state index in [4.69, 9.17) is 0 Å². The van der Waals surface area contributed by atoms with E-state index in [1.54, 1.807) is 24.3 Å². The molecule has 0 fully saturated rings. The van der Waals surface area contributed by atoms with Crippen molar-refractivity contribution in [1.82, 2.24) is 0 Å². The van der Waals surface area contributed by atoms with Gasteiger partial charge in [0.2, 0.25) is 0 Å². The van der Waals surface area contributed by atoms with Gasteiger partial charge in [-0.25, -0.2) is 8.42 Å². The van der Waals surface area contributed by atoms with Gasteiger partial charge in [0.1, 0.15) is 0 Å². The highest BCUT2D eigenvalue weighted by Gasteiger charge is 2.26. The molecule has 6 heteroatoms. The van der Waals surface area contributed by atoms with Crippen molar-refractivity contribution in [3.63, 3.8) is 0 Å². The summed E-state index contributed by atoms with van der Waals surface area (Å²) in [6.45, 7) is 0. The van der Waals surface area contributed by atoms with Gasteiger partial charge in [0, 0.05) is 29.3 Å². The van der Waals surface area contributed by atoms with Crippen LogP contribution in [0.4, 0.5) is 5.69 Å². The minimum atomic E-state index is -3.20. The van der Waals surface area contributed by atoms with Crippen LogP contribution in [0.1, 0.15) is 16.8 Å². The maximum Gasteiger partial charge on any atom is 0.192 e. The standard InChI is InChI=1S/C17H17NO3S2/c1-18-15-9-4-3-7-13(15)17(19)14-8-5-6-12(23(2,20)21)10-11-16(14)22-18/h3-7,9-12H,8H2,1-2H3/b6-5-,11-10?. The average Bonchev–Trinajstić information content (AvgIpc) is 2.56. The van der Waals surface area contributed by atoms with E-state index in [1.165, 1.54) is 18.2 Å². The van der Waals surface area contributed by atoms with E-state index in [1.807, 2.05) is 35.6 Å². The van der Waals surface area contributed by atoms with E-state index in [-0.39, 0.29) is 5.78 Å². The van der Waals surface area contributed by atoms with Gasteiger partial charge in [-0.05, 0) is 36.6 Å². The van der Waals surface area contributed by atoms with Crippen molar-refractivity contribution in [2.75, 3.05) is 17.6 Å². The summed E-state index contributed by atoms with van der Waals surface area (Å²) in [6.07, 6.45) is 8.47. The molecule has 1 aliphatic heterocycles. The van der Waals surface area contributed by atoms with Crippen LogP contribution in [0.3, 0.4) is 0 Å². The Morgan fingerprint density at radius 2 is 1.96 bits per heavy atom. The Morgan fingerprint density at radius 1 is 1.22 bits per heavy atom. The Kier molecular flexibility index (Phi) is 4.21. The number of para-hydroxylation sites is 1. The third-order valence-corrected chi connectivity index (χ3v) is 6.23. The number of ketones is 1. The molecular weight excluding hydrogens is 330 g/mol. The highest BCUT2D eigenvalue weighted by atomic mass is 32.2. The summed E-state index contributed by atoms with van der Waals surface area (Å²) in [5.41, 5.74) is 2.24. The molecule has 0 bridgehead atoms. The predicted molar refractivity (Wildman–Crippen MR) is 95.3 cm³/mol. The van der Waals surface area contributed by atoms with Crippen LogP contribution >= 0.6 is 11.9 Å². The average molecular weight is 347 g/mol. The lowest BCUT2D eigenvalue weighted by Crippen LogP contribution is -2.15. The van der Waals surface area contributed by atoms with Gasteiger partial charge in [0.25, 0.3) is 0 Å². The van der Waals surface area contributed by atoms with Gasteiger partial charge < -0.3 is 4.31 Å². The van der Waals surface area contributed by atoms with Gasteiger partial charge in [-0.2, -0.15) is 0 Å². The van der Waals surface area contributed by atoms with E-state index in [2.05, 4.69) is 0 Å². The topological polar surface area (TPSA) is 54.5 Å². The second-order valence-corrected chi connectivity index (χ2v) is 8.94. The molecule has 0 radical (unpaired) electrons. The Bertz CT molecular complexity index is 850. The maximum absolute atomic E-state index is 12.9. The zero-order valence-corrected chi connectivity index (χ0v) is 14.5. The van der Waals surface area contributed by atoms with Gasteiger partial charge in [-0.3, -0.25) is 4.79 Å². The molecule has 1 aromatic rings. The fourth-order valence-electron chi connectivity index (χ4n) is 2.64. The Labute approximate surface area is 140 Å². The fraction of sp³-hybridized carbons (Fsp3) is 0.235. The number of sulfone groups is 1. The zero-order valence-electron chi connectivity index (χ0n) is 12.9. The molecule has 0 N–H and O–H groups in total. The van der Waals surface area contributed by atoms with Gasteiger partial charge in [0.15, 0.2) is 15.6 Å². The molecule has 1 aliphatic carbocycles. The Morgan fingerprint density at radius 3 is 2.70 bits per heavy atom. The molecule has 0 saturated heterocycles. The molecule has 1 aromatic carbocycles. The van der Waals surface area contributed by atoms with E-state index in [0.29, 0.717) is 17.6 Å². The van der Waals surface area contributed by atoms with Crippen molar-refractivity contribution < 1.29 is 13.2 Å². The molecule has 1 unspecified atom stereocenters.